The second kappa shape index (κ2) is 9.24. The zero-order valence-electron chi connectivity index (χ0n) is 16.0. The second-order valence-electron chi connectivity index (χ2n) is 6.72. The van der Waals surface area contributed by atoms with Crippen LogP contribution >= 0.6 is 11.6 Å². The maximum atomic E-state index is 12.8. The molecule has 2 aromatic carbocycles. The molecule has 8 heteroatoms. The Morgan fingerprint density at radius 3 is 2.46 bits per heavy atom. The van der Waals surface area contributed by atoms with Gasteiger partial charge >= 0.3 is 0 Å². The van der Waals surface area contributed by atoms with Gasteiger partial charge in [-0.25, -0.2) is 13.1 Å². The van der Waals surface area contributed by atoms with E-state index in [1.807, 2.05) is 31.2 Å². The standard InChI is InChI=1S/C20H25ClN2O4S/c1-15-3-5-16(6-4-15)19(23-9-11-27-12-10-23)14-22-28(24,25)17-7-8-20(26-2)18(21)13-17/h3-8,13,19,22H,9-12,14H2,1-2H3. The van der Waals surface area contributed by atoms with Gasteiger partial charge in [-0.3, -0.25) is 4.90 Å². The number of sulfonamides is 1. The molecule has 2 aromatic rings. The minimum atomic E-state index is -3.71. The maximum absolute atomic E-state index is 12.8. The van der Waals surface area contributed by atoms with Crippen LogP contribution in [0.15, 0.2) is 47.4 Å². The van der Waals surface area contributed by atoms with Crippen molar-refractivity contribution < 1.29 is 17.9 Å². The van der Waals surface area contributed by atoms with E-state index in [4.69, 9.17) is 21.1 Å². The van der Waals surface area contributed by atoms with Gasteiger partial charge in [-0.15, -0.1) is 0 Å². The molecule has 0 saturated carbocycles. The molecule has 0 bridgehead atoms. The molecule has 1 heterocycles. The molecule has 1 atom stereocenters. The first kappa shape index (κ1) is 21.1. The summed E-state index contributed by atoms with van der Waals surface area (Å²) in [5, 5.41) is 0.258. The number of nitrogens with one attached hydrogen (secondary N) is 1. The van der Waals surface area contributed by atoms with Gasteiger partial charge in [0.15, 0.2) is 0 Å². The van der Waals surface area contributed by atoms with E-state index in [1.165, 1.54) is 19.2 Å². The van der Waals surface area contributed by atoms with Crippen molar-refractivity contribution in [3.05, 3.63) is 58.6 Å². The average Bonchev–Trinajstić information content (AvgIpc) is 2.70. The molecule has 28 heavy (non-hydrogen) atoms. The number of morpholine rings is 1. The molecule has 0 aromatic heterocycles. The van der Waals surface area contributed by atoms with Crippen molar-refractivity contribution in [2.75, 3.05) is 40.0 Å². The van der Waals surface area contributed by atoms with E-state index < -0.39 is 10.0 Å². The summed E-state index contributed by atoms with van der Waals surface area (Å²) in [7, 11) is -2.22. The Balaban J connectivity index is 1.80. The fourth-order valence-corrected chi connectivity index (χ4v) is 4.61. The maximum Gasteiger partial charge on any atom is 0.240 e. The summed E-state index contributed by atoms with van der Waals surface area (Å²) in [4.78, 5) is 2.36. The van der Waals surface area contributed by atoms with Crippen LogP contribution in [-0.2, 0) is 14.8 Å². The second-order valence-corrected chi connectivity index (χ2v) is 8.90. The Bertz CT molecular complexity index is 897. The number of aryl methyl sites for hydroxylation is 1. The van der Waals surface area contributed by atoms with Gasteiger partial charge in [0, 0.05) is 25.7 Å². The van der Waals surface area contributed by atoms with Gasteiger partial charge in [-0.1, -0.05) is 41.4 Å². The number of ether oxygens (including phenoxy) is 2. The van der Waals surface area contributed by atoms with Crippen LogP contribution in [0.1, 0.15) is 17.2 Å². The summed E-state index contributed by atoms with van der Waals surface area (Å²) in [6, 6.07) is 12.5. The highest BCUT2D eigenvalue weighted by molar-refractivity contribution is 7.89. The predicted molar refractivity (Wildman–Crippen MR) is 110 cm³/mol. The topological polar surface area (TPSA) is 67.9 Å². The summed E-state index contributed by atoms with van der Waals surface area (Å²) in [5.41, 5.74) is 2.24. The smallest absolute Gasteiger partial charge is 0.240 e. The molecule has 1 unspecified atom stereocenters. The fourth-order valence-electron chi connectivity index (χ4n) is 3.22. The van der Waals surface area contributed by atoms with Gasteiger partial charge in [-0.2, -0.15) is 0 Å². The average molecular weight is 425 g/mol. The van der Waals surface area contributed by atoms with Gasteiger partial charge < -0.3 is 9.47 Å². The molecule has 1 N–H and O–H groups in total. The third kappa shape index (κ3) is 5.04. The van der Waals surface area contributed by atoms with Crippen LogP contribution in [0.2, 0.25) is 5.02 Å². The summed E-state index contributed by atoms with van der Waals surface area (Å²) < 4.78 is 38.9. The van der Waals surface area contributed by atoms with E-state index >= 15 is 0 Å². The van der Waals surface area contributed by atoms with Crippen LogP contribution in [0.3, 0.4) is 0 Å². The largest absolute Gasteiger partial charge is 0.495 e. The van der Waals surface area contributed by atoms with Gasteiger partial charge in [0.2, 0.25) is 10.0 Å². The Kier molecular flexibility index (Phi) is 6.95. The number of hydrogen-bond donors (Lipinski definition) is 1. The van der Waals surface area contributed by atoms with E-state index in [9.17, 15) is 8.42 Å². The van der Waals surface area contributed by atoms with Crippen LogP contribution in [0.25, 0.3) is 0 Å². The van der Waals surface area contributed by atoms with E-state index in [1.54, 1.807) is 6.07 Å². The van der Waals surface area contributed by atoms with Crippen LogP contribution in [0, 0.1) is 6.92 Å². The molecule has 0 aliphatic carbocycles. The Morgan fingerprint density at radius 2 is 1.86 bits per heavy atom. The fraction of sp³-hybridized carbons (Fsp3) is 0.400. The quantitative estimate of drug-likeness (QED) is 0.740. The molecule has 1 saturated heterocycles. The molecular weight excluding hydrogens is 400 g/mol. The van der Waals surface area contributed by atoms with Crippen molar-refractivity contribution in [1.82, 2.24) is 9.62 Å². The number of benzene rings is 2. The highest BCUT2D eigenvalue weighted by Crippen LogP contribution is 2.27. The lowest BCUT2D eigenvalue weighted by molar-refractivity contribution is 0.0172. The van der Waals surface area contributed by atoms with E-state index in [0.29, 0.717) is 19.0 Å². The molecule has 3 rings (SSSR count). The first-order valence-corrected chi connectivity index (χ1v) is 11.0. The molecule has 6 nitrogen and oxygen atoms in total. The number of rotatable bonds is 7. The molecule has 152 valence electrons. The van der Waals surface area contributed by atoms with Crippen LogP contribution in [-0.4, -0.2) is 53.3 Å². The lowest BCUT2D eigenvalue weighted by Crippen LogP contribution is -2.43. The van der Waals surface area contributed by atoms with Crippen molar-refractivity contribution in [3.63, 3.8) is 0 Å². The highest BCUT2D eigenvalue weighted by Gasteiger charge is 2.25. The van der Waals surface area contributed by atoms with E-state index in [0.717, 1.165) is 24.2 Å². The number of halogens is 1. The Labute approximate surface area is 171 Å². The predicted octanol–water partition coefficient (Wildman–Crippen LogP) is 3.01. The first-order valence-electron chi connectivity index (χ1n) is 9.12. The minimum absolute atomic E-state index is 0.0759. The SMILES string of the molecule is COc1ccc(S(=O)(=O)NCC(c2ccc(C)cc2)N2CCOCC2)cc1Cl. The molecule has 1 fully saturated rings. The summed E-state index contributed by atoms with van der Waals surface area (Å²) in [6.45, 7) is 5.09. The number of methoxy groups -OCH3 is 1. The van der Waals surface area contributed by atoms with Crippen molar-refractivity contribution in [2.45, 2.75) is 17.9 Å². The highest BCUT2D eigenvalue weighted by atomic mass is 35.5. The van der Waals surface area contributed by atoms with Crippen molar-refractivity contribution in [3.8, 4) is 5.75 Å². The lowest BCUT2D eigenvalue weighted by Gasteiger charge is -2.35. The van der Waals surface area contributed by atoms with Gasteiger partial charge in [0.05, 0.1) is 30.2 Å². The summed E-state index contributed by atoms with van der Waals surface area (Å²) >= 11 is 6.09. The normalized spacial score (nSPS) is 16.7. The molecular formula is C20H25ClN2O4S. The van der Waals surface area contributed by atoms with Crippen LogP contribution in [0.4, 0.5) is 0 Å². The zero-order valence-corrected chi connectivity index (χ0v) is 17.6. The summed E-state index contributed by atoms with van der Waals surface area (Å²) in [5.74, 6) is 0.437. The van der Waals surface area contributed by atoms with E-state index in [-0.39, 0.29) is 22.5 Å². The third-order valence-electron chi connectivity index (χ3n) is 4.85. The monoisotopic (exact) mass is 424 g/mol. The van der Waals surface area contributed by atoms with E-state index in [2.05, 4.69) is 9.62 Å². The lowest BCUT2D eigenvalue weighted by atomic mass is 10.0. The first-order chi connectivity index (χ1) is 13.4. The van der Waals surface area contributed by atoms with Crippen molar-refractivity contribution in [1.29, 1.82) is 0 Å². The van der Waals surface area contributed by atoms with Crippen molar-refractivity contribution >= 4 is 21.6 Å². The Morgan fingerprint density at radius 1 is 1.18 bits per heavy atom. The third-order valence-corrected chi connectivity index (χ3v) is 6.57. The zero-order chi connectivity index (χ0) is 20.1. The molecule has 0 amide bonds. The van der Waals surface area contributed by atoms with Crippen LogP contribution < -0.4 is 9.46 Å². The van der Waals surface area contributed by atoms with Gasteiger partial charge in [0.25, 0.3) is 0 Å². The summed E-state index contributed by atoms with van der Waals surface area (Å²) in [6.07, 6.45) is 0. The number of hydrogen-bond acceptors (Lipinski definition) is 5. The molecule has 0 radical (unpaired) electrons. The van der Waals surface area contributed by atoms with Gasteiger partial charge in [0.1, 0.15) is 5.75 Å². The molecule has 1 aliphatic rings. The van der Waals surface area contributed by atoms with Crippen LogP contribution in [0.5, 0.6) is 5.75 Å². The number of nitrogens with zero attached hydrogens (tertiary/aromatic N) is 1. The van der Waals surface area contributed by atoms with Crippen molar-refractivity contribution in [2.24, 2.45) is 0 Å². The Hall–Kier alpha value is -1.64. The van der Waals surface area contributed by atoms with Gasteiger partial charge in [-0.05, 0) is 30.7 Å². The molecule has 0 spiro atoms. The molecule has 1 aliphatic heterocycles. The minimum Gasteiger partial charge on any atom is -0.495 e.